The van der Waals surface area contributed by atoms with E-state index in [9.17, 15) is 9.59 Å². The SMILES string of the molecule is CN[C@@H](Cc1cn(C)cn1)C(=O)N[C@@H](CC(C)C)C(=O)O. The first-order valence-corrected chi connectivity index (χ1v) is 7.00. The lowest BCUT2D eigenvalue weighted by Gasteiger charge is -2.20. The molecule has 21 heavy (non-hydrogen) atoms. The number of nitrogens with one attached hydrogen (secondary N) is 2. The number of imidazole rings is 1. The summed E-state index contributed by atoms with van der Waals surface area (Å²) in [4.78, 5) is 27.6. The summed E-state index contributed by atoms with van der Waals surface area (Å²) in [6, 6.07) is -1.37. The molecule has 0 aromatic carbocycles. The van der Waals surface area contributed by atoms with Gasteiger partial charge < -0.3 is 20.3 Å². The second kappa shape index (κ2) is 7.78. The summed E-state index contributed by atoms with van der Waals surface area (Å²) in [5.41, 5.74) is 0.780. The molecular formula is C14H24N4O3. The van der Waals surface area contributed by atoms with Gasteiger partial charge in [0.25, 0.3) is 0 Å². The molecule has 0 saturated heterocycles. The van der Waals surface area contributed by atoms with Crippen molar-refractivity contribution in [2.24, 2.45) is 13.0 Å². The van der Waals surface area contributed by atoms with Crippen LogP contribution in [0.3, 0.4) is 0 Å². The molecule has 0 fully saturated rings. The number of hydrogen-bond donors (Lipinski definition) is 3. The van der Waals surface area contributed by atoms with E-state index in [2.05, 4.69) is 15.6 Å². The van der Waals surface area contributed by atoms with E-state index in [1.165, 1.54) is 0 Å². The van der Waals surface area contributed by atoms with Gasteiger partial charge in [-0.05, 0) is 19.4 Å². The van der Waals surface area contributed by atoms with Crippen molar-refractivity contribution in [2.45, 2.75) is 38.8 Å². The van der Waals surface area contributed by atoms with Crippen LogP contribution >= 0.6 is 0 Å². The minimum absolute atomic E-state index is 0.190. The molecule has 1 aromatic heterocycles. The number of carboxylic acid groups (broad SMARTS) is 1. The number of aromatic nitrogens is 2. The average Bonchev–Trinajstić information content (AvgIpc) is 2.79. The smallest absolute Gasteiger partial charge is 0.326 e. The number of carbonyl (C=O) groups excluding carboxylic acids is 1. The number of nitrogens with zero attached hydrogens (tertiary/aromatic N) is 2. The van der Waals surface area contributed by atoms with Gasteiger partial charge >= 0.3 is 5.97 Å². The quantitative estimate of drug-likeness (QED) is 0.635. The summed E-state index contributed by atoms with van der Waals surface area (Å²) < 4.78 is 1.80. The third-order valence-electron chi connectivity index (χ3n) is 3.16. The fraction of sp³-hybridized carbons (Fsp3) is 0.643. The average molecular weight is 296 g/mol. The van der Waals surface area contributed by atoms with E-state index in [1.54, 1.807) is 17.9 Å². The number of likely N-dealkylation sites (N-methyl/N-ethyl adjacent to an activating group) is 1. The molecule has 0 aliphatic rings. The van der Waals surface area contributed by atoms with Crippen molar-refractivity contribution < 1.29 is 14.7 Å². The van der Waals surface area contributed by atoms with Gasteiger partial charge in [-0.2, -0.15) is 0 Å². The van der Waals surface area contributed by atoms with Crippen LogP contribution in [0, 0.1) is 5.92 Å². The van der Waals surface area contributed by atoms with E-state index in [-0.39, 0.29) is 11.8 Å². The molecule has 3 N–H and O–H groups in total. The van der Waals surface area contributed by atoms with Crippen LogP contribution in [0.4, 0.5) is 0 Å². The van der Waals surface area contributed by atoms with Gasteiger partial charge in [0.05, 0.1) is 18.1 Å². The molecular weight excluding hydrogens is 272 g/mol. The number of aryl methyl sites for hydroxylation is 1. The summed E-state index contributed by atoms with van der Waals surface area (Å²) in [6.07, 6.45) is 4.32. The summed E-state index contributed by atoms with van der Waals surface area (Å²) in [7, 11) is 3.53. The molecule has 1 amide bonds. The minimum Gasteiger partial charge on any atom is -0.480 e. The zero-order valence-corrected chi connectivity index (χ0v) is 13.0. The first kappa shape index (κ1) is 17.2. The molecule has 0 aliphatic carbocycles. The van der Waals surface area contributed by atoms with Crippen LogP contribution in [0.15, 0.2) is 12.5 Å². The predicted octanol–water partition coefficient (Wildman–Crippen LogP) is 0.166. The van der Waals surface area contributed by atoms with Crippen molar-refractivity contribution in [1.82, 2.24) is 20.2 Å². The molecule has 0 radical (unpaired) electrons. The Kier molecular flexibility index (Phi) is 6.36. The zero-order chi connectivity index (χ0) is 16.0. The molecule has 118 valence electrons. The van der Waals surface area contributed by atoms with Crippen LogP contribution in [0.1, 0.15) is 26.0 Å². The number of carboxylic acids is 1. The lowest BCUT2D eigenvalue weighted by molar-refractivity contribution is -0.142. The van der Waals surface area contributed by atoms with Gasteiger partial charge in [-0.15, -0.1) is 0 Å². The second-order valence-corrected chi connectivity index (χ2v) is 5.60. The normalized spacial score (nSPS) is 14.0. The Labute approximate surface area is 124 Å². The Morgan fingerprint density at radius 1 is 1.38 bits per heavy atom. The number of hydrogen-bond acceptors (Lipinski definition) is 4. The van der Waals surface area contributed by atoms with Crippen LogP contribution in [-0.4, -0.2) is 45.7 Å². The lowest BCUT2D eigenvalue weighted by atomic mass is 10.0. The van der Waals surface area contributed by atoms with Gasteiger partial charge in [-0.25, -0.2) is 9.78 Å². The Hall–Kier alpha value is -1.89. The van der Waals surface area contributed by atoms with Crippen molar-refractivity contribution >= 4 is 11.9 Å². The molecule has 0 aliphatic heterocycles. The maximum absolute atomic E-state index is 12.2. The van der Waals surface area contributed by atoms with E-state index in [4.69, 9.17) is 5.11 Å². The number of aliphatic carboxylic acids is 1. The van der Waals surface area contributed by atoms with Gasteiger partial charge in [-0.1, -0.05) is 13.8 Å². The molecule has 7 nitrogen and oxygen atoms in total. The Morgan fingerprint density at radius 2 is 2.05 bits per heavy atom. The van der Waals surface area contributed by atoms with Crippen molar-refractivity contribution in [2.75, 3.05) is 7.05 Å². The Balaban J connectivity index is 2.66. The fourth-order valence-corrected chi connectivity index (χ4v) is 2.07. The second-order valence-electron chi connectivity index (χ2n) is 5.60. The van der Waals surface area contributed by atoms with Crippen LogP contribution in [-0.2, 0) is 23.1 Å². The lowest BCUT2D eigenvalue weighted by Crippen LogP contribution is -2.50. The standard InChI is InChI=1S/C14H24N4O3/c1-9(2)5-12(14(20)21)17-13(19)11(15-3)6-10-7-18(4)8-16-10/h7-9,11-12,15H,5-6H2,1-4H3,(H,17,19)(H,20,21)/t11-,12-/m0/s1. The molecule has 0 saturated carbocycles. The highest BCUT2D eigenvalue weighted by atomic mass is 16.4. The van der Waals surface area contributed by atoms with Crippen LogP contribution in [0.2, 0.25) is 0 Å². The molecule has 0 bridgehead atoms. The molecule has 0 spiro atoms. The van der Waals surface area contributed by atoms with Gasteiger partial charge in [0, 0.05) is 19.7 Å². The van der Waals surface area contributed by atoms with Crippen LogP contribution in [0.25, 0.3) is 0 Å². The molecule has 7 heteroatoms. The van der Waals surface area contributed by atoms with E-state index in [1.807, 2.05) is 27.1 Å². The van der Waals surface area contributed by atoms with Gasteiger partial charge in [0.1, 0.15) is 6.04 Å². The van der Waals surface area contributed by atoms with Crippen molar-refractivity contribution in [1.29, 1.82) is 0 Å². The summed E-state index contributed by atoms with van der Waals surface area (Å²) in [6.45, 7) is 3.84. The molecule has 1 aromatic rings. The summed E-state index contributed by atoms with van der Waals surface area (Å²) in [5, 5.41) is 14.7. The first-order chi connectivity index (χ1) is 9.83. The van der Waals surface area contributed by atoms with Crippen molar-refractivity contribution in [3.8, 4) is 0 Å². The highest BCUT2D eigenvalue weighted by Crippen LogP contribution is 2.06. The highest BCUT2D eigenvalue weighted by Gasteiger charge is 2.25. The van der Waals surface area contributed by atoms with E-state index >= 15 is 0 Å². The molecule has 2 atom stereocenters. The maximum Gasteiger partial charge on any atom is 0.326 e. The highest BCUT2D eigenvalue weighted by molar-refractivity contribution is 5.87. The van der Waals surface area contributed by atoms with E-state index in [0.29, 0.717) is 12.8 Å². The third kappa shape index (κ3) is 5.55. The zero-order valence-electron chi connectivity index (χ0n) is 13.0. The number of rotatable bonds is 8. The summed E-state index contributed by atoms with van der Waals surface area (Å²) in [5.74, 6) is -1.14. The fourth-order valence-electron chi connectivity index (χ4n) is 2.07. The first-order valence-electron chi connectivity index (χ1n) is 7.00. The Morgan fingerprint density at radius 3 is 2.48 bits per heavy atom. The number of amides is 1. The van der Waals surface area contributed by atoms with Crippen molar-refractivity contribution in [3.05, 3.63) is 18.2 Å². The largest absolute Gasteiger partial charge is 0.480 e. The topological polar surface area (TPSA) is 96.3 Å². The van der Waals surface area contributed by atoms with E-state index in [0.717, 1.165) is 5.69 Å². The minimum atomic E-state index is -1.01. The van der Waals surface area contributed by atoms with Crippen molar-refractivity contribution in [3.63, 3.8) is 0 Å². The van der Waals surface area contributed by atoms with Gasteiger partial charge in [-0.3, -0.25) is 4.79 Å². The monoisotopic (exact) mass is 296 g/mol. The van der Waals surface area contributed by atoms with Crippen LogP contribution < -0.4 is 10.6 Å². The van der Waals surface area contributed by atoms with Gasteiger partial charge in [0.2, 0.25) is 5.91 Å². The van der Waals surface area contributed by atoms with E-state index < -0.39 is 18.1 Å². The summed E-state index contributed by atoms with van der Waals surface area (Å²) >= 11 is 0. The maximum atomic E-state index is 12.2. The third-order valence-corrected chi connectivity index (χ3v) is 3.16. The molecule has 1 heterocycles. The Bertz CT molecular complexity index is 484. The molecule has 0 unspecified atom stereocenters. The predicted molar refractivity (Wildman–Crippen MR) is 78.8 cm³/mol. The van der Waals surface area contributed by atoms with Crippen LogP contribution in [0.5, 0.6) is 0 Å². The number of carbonyl (C=O) groups is 2. The molecule has 1 rings (SSSR count). The van der Waals surface area contributed by atoms with Gasteiger partial charge in [0.15, 0.2) is 0 Å².